The maximum atomic E-state index is 12.8. The number of thiocarbonyl (C=S) groups is 1. The van der Waals surface area contributed by atoms with Gasteiger partial charge in [-0.2, -0.15) is 0 Å². The molecule has 31 heavy (non-hydrogen) atoms. The van der Waals surface area contributed by atoms with Gasteiger partial charge in [-0.25, -0.2) is 0 Å². The second kappa shape index (κ2) is 9.20. The lowest BCUT2D eigenvalue weighted by Crippen LogP contribution is -2.40. The predicted octanol–water partition coefficient (Wildman–Crippen LogP) is 4.83. The van der Waals surface area contributed by atoms with Crippen LogP contribution >= 0.6 is 12.2 Å². The number of hydrogen-bond donors (Lipinski definition) is 2. The van der Waals surface area contributed by atoms with Gasteiger partial charge in [0.05, 0.1) is 12.6 Å². The fraction of sp³-hybridized carbons (Fsp3) is 0.360. The number of pyridine rings is 1. The quantitative estimate of drug-likeness (QED) is 0.562. The Morgan fingerprint density at radius 1 is 1.16 bits per heavy atom. The molecule has 6 heteroatoms. The van der Waals surface area contributed by atoms with Crippen LogP contribution in [-0.2, 0) is 11.3 Å². The van der Waals surface area contributed by atoms with Crippen molar-refractivity contribution in [1.29, 1.82) is 0 Å². The molecule has 1 aromatic heterocycles. The summed E-state index contributed by atoms with van der Waals surface area (Å²) in [5.74, 6) is 0. The van der Waals surface area contributed by atoms with E-state index in [0.717, 1.165) is 47.2 Å². The molecule has 162 valence electrons. The largest absolute Gasteiger partial charge is 0.376 e. The molecule has 0 bridgehead atoms. The Balaban J connectivity index is 1.60. The molecule has 0 radical (unpaired) electrons. The van der Waals surface area contributed by atoms with Crippen LogP contribution in [0.15, 0.2) is 47.3 Å². The highest BCUT2D eigenvalue weighted by molar-refractivity contribution is 7.80. The van der Waals surface area contributed by atoms with Crippen LogP contribution in [0.4, 0.5) is 5.69 Å². The fourth-order valence-corrected chi connectivity index (χ4v) is 4.33. The van der Waals surface area contributed by atoms with Gasteiger partial charge in [0.2, 0.25) is 0 Å². The van der Waals surface area contributed by atoms with Crippen molar-refractivity contribution >= 4 is 33.9 Å². The molecule has 0 amide bonds. The monoisotopic (exact) mass is 435 g/mol. The molecular formula is C25H29N3O2S. The van der Waals surface area contributed by atoms with Gasteiger partial charge in [0.1, 0.15) is 0 Å². The highest BCUT2D eigenvalue weighted by Gasteiger charge is 2.22. The second-order valence-electron chi connectivity index (χ2n) is 8.48. The van der Waals surface area contributed by atoms with Gasteiger partial charge in [-0.05, 0) is 80.5 Å². The van der Waals surface area contributed by atoms with Crippen LogP contribution in [-0.4, -0.2) is 34.3 Å². The van der Waals surface area contributed by atoms with Crippen molar-refractivity contribution in [2.75, 3.05) is 18.5 Å². The summed E-state index contributed by atoms with van der Waals surface area (Å²) >= 11 is 5.79. The number of aromatic amines is 1. The topological polar surface area (TPSA) is 57.4 Å². The molecule has 3 aromatic rings. The minimum atomic E-state index is -0.0789. The smallest absolute Gasteiger partial charge is 0.253 e. The molecule has 1 fully saturated rings. The average Bonchev–Trinajstić information content (AvgIpc) is 3.23. The van der Waals surface area contributed by atoms with E-state index in [0.29, 0.717) is 23.8 Å². The van der Waals surface area contributed by atoms with Gasteiger partial charge < -0.3 is 19.9 Å². The molecule has 0 aliphatic carbocycles. The second-order valence-corrected chi connectivity index (χ2v) is 8.87. The summed E-state index contributed by atoms with van der Waals surface area (Å²) in [4.78, 5) is 17.9. The number of H-pyrrole nitrogens is 1. The number of nitrogens with one attached hydrogen (secondary N) is 2. The number of rotatable bonds is 5. The normalized spacial score (nSPS) is 15.9. The summed E-state index contributed by atoms with van der Waals surface area (Å²) in [5, 5.41) is 5.01. The van der Waals surface area contributed by atoms with Crippen LogP contribution in [0.3, 0.4) is 0 Å². The Kier molecular flexibility index (Phi) is 6.39. The van der Waals surface area contributed by atoms with E-state index in [1.807, 2.05) is 31.2 Å². The number of anilines is 1. The maximum Gasteiger partial charge on any atom is 0.253 e. The Bertz CT molecular complexity index is 1170. The molecule has 2 heterocycles. The number of aryl methyl sites for hydroxylation is 3. The first-order valence-electron chi connectivity index (χ1n) is 10.8. The zero-order chi connectivity index (χ0) is 22.0. The number of fused-ring (bicyclic) bond motifs is 1. The first-order chi connectivity index (χ1) is 14.9. The molecule has 1 atom stereocenters. The van der Waals surface area contributed by atoms with Crippen LogP contribution in [0.25, 0.3) is 10.9 Å². The van der Waals surface area contributed by atoms with Gasteiger partial charge in [0.25, 0.3) is 5.56 Å². The zero-order valence-corrected chi connectivity index (χ0v) is 19.1. The van der Waals surface area contributed by atoms with E-state index in [1.165, 1.54) is 5.56 Å². The molecule has 2 aromatic carbocycles. The van der Waals surface area contributed by atoms with Crippen LogP contribution in [0.5, 0.6) is 0 Å². The van der Waals surface area contributed by atoms with Crippen LogP contribution < -0.4 is 10.9 Å². The van der Waals surface area contributed by atoms with Gasteiger partial charge in [0, 0.05) is 29.9 Å². The van der Waals surface area contributed by atoms with Crippen molar-refractivity contribution < 1.29 is 4.74 Å². The molecule has 5 nitrogen and oxygen atoms in total. The van der Waals surface area contributed by atoms with Crippen molar-refractivity contribution in [2.24, 2.45) is 0 Å². The minimum absolute atomic E-state index is 0.0789. The van der Waals surface area contributed by atoms with Crippen molar-refractivity contribution in [1.82, 2.24) is 9.88 Å². The highest BCUT2D eigenvalue weighted by atomic mass is 32.1. The molecule has 4 rings (SSSR count). The fourth-order valence-electron chi connectivity index (χ4n) is 4.08. The van der Waals surface area contributed by atoms with E-state index in [1.54, 1.807) is 0 Å². The Morgan fingerprint density at radius 2 is 1.94 bits per heavy atom. The third-order valence-corrected chi connectivity index (χ3v) is 6.16. The standard InChI is InChI=1S/C25H29N3O2S/c1-16-7-9-22(18(3)11-16)27-25(31)28(15-21-5-4-10-30-21)14-20-13-19-8-6-17(2)12-23(19)26-24(20)29/h6-9,11-13,21H,4-5,10,14-15H2,1-3H3,(H,26,29)(H,27,31)/t21-/m0/s1. The number of benzene rings is 2. The molecule has 2 N–H and O–H groups in total. The zero-order valence-electron chi connectivity index (χ0n) is 18.3. The third kappa shape index (κ3) is 5.14. The van der Waals surface area contributed by atoms with E-state index in [2.05, 4.69) is 47.2 Å². The van der Waals surface area contributed by atoms with Crippen molar-refractivity contribution in [3.63, 3.8) is 0 Å². The lowest BCUT2D eigenvalue weighted by Gasteiger charge is -2.28. The number of aromatic nitrogens is 1. The molecule has 1 aliphatic rings. The maximum absolute atomic E-state index is 12.8. The molecular weight excluding hydrogens is 406 g/mol. The molecule has 1 saturated heterocycles. The minimum Gasteiger partial charge on any atom is -0.376 e. The van der Waals surface area contributed by atoms with Gasteiger partial charge in [0.15, 0.2) is 5.11 Å². The summed E-state index contributed by atoms with van der Waals surface area (Å²) < 4.78 is 5.86. The first-order valence-corrected chi connectivity index (χ1v) is 11.2. The summed E-state index contributed by atoms with van der Waals surface area (Å²) in [6.07, 6.45) is 2.20. The molecule has 0 unspecified atom stereocenters. The van der Waals surface area contributed by atoms with Crippen molar-refractivity contribution in [3.05, 3.63) is 75.1 Å². The lowest BCUT2D eigenvalue weighted by molar-refractivity contribution is 0.0904. The Labute approximate surface area is 188 Å². The van der Waals surface area contributed by atoms with Crippen molar-refractivity contribution in [2.45, 2.75) is 46.3 Å². The van der Waals surface area contributed by atoms with Gasteiger partial charge in [-0.15, -0.1) is 0 Å². The average molecular weight is 436 g/mol. The number of nitrogens with zero attached hydrogens (tertiary/aromatic N) is 1. The SMILES string of the molecule is Cc1ccc(NC(=S)N(Cc2cc3ccc(C)cc3[nH]c2=O)C[C@@H]2CCCO2)c(C)c1. The van der Waals surface area contributed by atoms with Gasteiger partial charge in [-0.1, -0.05) is 29.8 Å². The molecule has 0 spiro atoms. The number of ether oxygens (including phenoxy) is 1. The van der Waals surface area contributed by atoms with Crippen LogP contribution in [0.2, 0.25) is 0 Å². The van der Waals surface area contributed by atoms with E-state index in [4.69, 9.17) is 17.0 Å². The Morgan fingerprint density at radius 3 is 2.68 bits per heavy atom. The summed E-state index contributed by atoms with van der Waals surface area (Å²) in [5.41, 5.74) is 5.92. The summed E-state index contributed by atoms with van der Waals surface area (Å²) in [6, 6.07) is 14.3. The first kappa shape index (κ1) is 21.5. The summed E-state index contributed by atoms with van der Waals surface area (Å²) in [6.45, 7) is 8.03. The van der Waals surface area contributed by atoms with Gasteiger partial charge in [-0.3, -0.25) is 4.79 Å². The highest BCUT2D eigenvalue weighted by Crippen LogP contribution is 2.20. The Hall–Kier alpha value is -2.70. The molecule has 1 aliphatic heterocycles. The van der Waals surface area contributed by atoms with Crippen LogP contribution in [0.1, 0.15) is 35.1 Å². The van der Waals surface area contributed by atoms with Crippen molar-refractivity contribution in [3.8, 4) is 0 Å². The lowest BCUT2D eigenvalue weighted by atomic mass is 10.1. The predicted molar refractivity (Wildman–Crippen MR) is 131 cm³/mol. The van der Waals surface area contributed by atoms with Crippen LogP contribution in [0, 0.1) is 20.8 Å². The number of hydrogen-bond acceptors (Lipinski definition) is 3. The molecule has 0 saturated carbocycles. The van der Waals surface area contributed by atoms with E-state index < -0.39 is 0 Å². The third-order valence-electron chi connectivity index (χ3n) is 5.80. The van der Waals surface area contributed by atoms with E-state index >= 15 is 0 Å². The summed E-state index contributed by atoms with van der Waals surface area (Å²) in [7, 11) is 0. The van der Waals surface area contributed by atoms with E-state index in [-0.39, 0.29) is 11.7 Å². The van der Waals surface area contributed by atoms with Gasteiger partial charge >= 0.3 is 0 Å². The van der Waals surface area contributed by atoms with E-state index in [9.17, 15) is 4.79 Å².